The minimum Gasteiger partial charge on any atom is -0.472 e. The highest BCUT2D eigenvalue weighted by Gasteiger charge is 2.14. The zero-order valence-corrected chi connectivity index (χ0v) is 13.9. The van der Waals surface area contributed by atoms with Crippen LogP contribution in [0, 0.1) is 18.3 Å². The number of amides is 1. The lowest BCUT2D eigenvalue weighted by atomic mass is 10.0. The Bertz CT molecular complexity index is 1150. The van der Waals surface area contributed by atoms with Gasteiger partial charge in [-0.3, -0.25) is 9.89 Å². The Morgan fingerprint density at radius 1 is 1.27 bits per heavy atom. The van der Waals surface area contributed by atoms with E-state index in [0.29, 0.717) is 22.4 Å². The number of furan rings is 1. The van der Waals surface area contributed by atoms with Crippen LogP contribution in [-0.2, 0) is 0 Å². The van der Waals surface area contributed by atoms with Gasteiger partial charge in [0, 0.05) is 22.2 Å². The molecule has 2 heterocycles. The molecule has 126 valence electrons. The van der Waals surface area contributed by atoms with Crippen LogP contribution in [-0.4, -0.2) is 16.1 Å². The highest BCUT2D eigenvalue weighted by Crippen LogP contribution is 2.29. The number of nitrogens with zero attached hydrogens (tertiary/aromatic N) is 2. The molecule has 0 spiro atoms. The fraction of sp³-hybridized carbons (Fsp3) is 0.0500. The second kappa shape index (κ2) is 6.22. The second-order valence-corrected chi connectivity index (χ2v) is 5.89. The van der Waals surface area contributed by atoms with E-state index in [0.717, 1.165) is 22.2 Å². The lowest BCUT2D eigenvalue weighted by Crippen LogP contribution is -2.13. The number of aromatic nitrogens is 2. The summed E-state index contributed by atoms with van der Waals surface area (Å²) in [5.41, 5.74) is 4.76. The van der Waals surface area contributed by atoms with Gasteiger partial charge in [-0.05, 0) is 48.9 Å². The van der Waals surface area contributed by atoms with Crippen molar-refractivity contribution in [3.05, 3.63) is 71.7 Å². The number of fused-ring (bicyclic) bond motifs is 1. The summed E-state index contributed by atoms with van der Waals surface area (Å²) in [6.45, 7) is 1.77. The molecule has 0 saturated heterocycles. The van der Waals surface area contributed by atoms with Crippen LogP contribution in [0.2, 0.25) is 0 Å². The average molecular weight is 342 g/mol. The number of rotatable bonds is 3. The van der Waals surface area contributed by atoms with E-state index in [1.165, 1.54) is 0 Å². The molecule has 1 amide bonds. The molecule has 0 radical (unpaired) electrons. The molecule has 4 aromatic rings. The summed E-state index contributed by atoms with van der Waals surface area (Å²) in [4.78, 5) is 12.6. The van der Waals surface area contributed by atoms with Crippen LogP contribution in [0.3, 0.4) is 0 Å². The Morgan fingerprint density at radius 3 is 2.92 bits per heavy atom. The number of carbonyl (C=O) groups excluding carboxylic acids is 1. The quantitative estimate of drug-likeness (QED) is 0.582. The lowest BCUT2D eigenvalue weighted by molar-refractivity contribution is 0.102. The molecule has 0 atom stereocenters. The van der Waals surface area contributed by atoms with Gasteiger partial charge in [0.05, 0.1) is 29.7 Å². The third-order valence-corrected chi connectivity index (χ3v) is 4.31. The molecule has 0 aliphatic rings. The van der Waals surface area contributed by atoms with Gasteiger partial charge in [0.25, 0.3) is 5.91 Å². The van der Waals surface area contributed by atoms with Crippen LogP contribution >= 0.6 is 0 Å². The minimum absolute atomic E-state index is 0.257. The number of carbonyl (C=O) groups is 1. The van der Waals surface area contributed by atoms with Gasteiger partial charge < -0.3 is 9.73 Å². The summed E-state index contributed by atoms with van der Waals surface area (Å²) in [6.07, 6.45) is 3.21. The number of hydrogen-bond donors (Lipinski definition) is 2. The first-order chi connectivity index (χ1) is 12.7. The Labute approximate surface area is 149 Å². The van der Waals surface area contributed by atoms with Crippen molar-refractivity contribution >= 4 is 22.5 Å². The normalized spacial score (nSPS) is 10.6. The number of benzene rings is 2. The van der Waals surface area contributed by atoms with E-state index in [1.54, 1.807) is 43.7 Å². The molecule has 0 aliphatic heterocycles. The number of nitrogens with one attached hydrogen (secondary N) is 2. The van der Waals surface area contributed by atoms with Crippen molar-refractivity contribution in [3.63, 3.8) is 0 Å². The van der Waals surface area contributed by atoms with Gasteiger partial charge in [0.2, 0.25) is 0 Å². The second-order valence-electron chi connectivity index (χ2n) is 5.89. The van der Waals surface area contributed by atoms with Gasteiger partial charge in [0.1, 0.15) is 5.69 Å². The van der Waals surface area contributed by atoms with Crippen LogP contribution in [0.4, 0.5) is 5.69 Å². The van der Waals surface area contributed by atoms with Crippen molar-refractivity contribution in [1.29, 1.82) is 5.26 Å². The Balaban J connectivity index is 1.69. The van der Waals surface area contributed by atoms with Gasteiger partial charge in [-0.2, -0.15) is 10.4 Å². The van der Waals surface area contributed by atoms with E-state index in [2.05, 4.69) is 21.6 Å². The first-order valence-electron chi connectivity index (χ1n) is 7.99. The topological polar surface area (TPSA) is 94.7 Å². The molecule has 26 heavy (non-hydrogen) atoms. The first kappa shape index (κ1) is 15.7. The smallest absolute Gasteiger partial charge is 0.255 e. The Kier molecular flexibility index (Phi) is 3.75. The van der Waals surface area contributed by atoms with E-state index >= 15 is 0 Å². The summed E-state index contributed by atoms with van der Waals surface area (Å²) in [5, 5.41) is 20.2. The fourth-order valence-corrected chi connectivity index (χ4v) is 2.91. The molecule has 2 aromatic heterocycles. The third kappa shape index (κ3) is 2.62. The number of aromatic amines is 1. The van der Waals surface area contributed by atoms with Crippen molar-refractivity contribution in [2.24, 2.45) is 0 Å². The molecular weight excluding hydrogens is 328 g/mol. The van der Waals surface area contributed by atoms with Gasteiger partial charge in [-0.15, -0.1) is 0 Å². The number of anilines is 1. The SMILES string of the molecule is Cc1c(C#N)cccc1C(=O)Nc1ccc2[nH]nc(-c3ccoc3)c2c1. The summed E-state index contributed by atoms with van der Waals surface area (Å²) in [6, 6.07) is 14.6. The molecule has 0 fully saturated rings. The van der Waals surface area contributed by atoms with Crippen LogP contribution in [0.15, 0.2) is 59.4 Å². The number of nitriles is 1. The first-order valence-corrected chi connectivity index (χ1v) is 7.99. The zero-order chi connectivity index (χ0) is 18.1. The molecule has 2 aromatic carbocycles. The molecule has 0 saturated carbocycles. The maximum absolute atomic E-state index is 12.6. The maximum Gasteiger partial charge on any atom is 0.255 e. The Hall–Kier alpha value is -3.85. The van der Waals surface area contributed by atoms with Gasteiger partial charge in [-0.1, -0.05) is 6.07 Å². The fourth-order valence-electron chi connectivity index (χ4n) is 2.91. The van der Waals surface area contributed by atoms with E-state index < -0.39 is 0 Å². The predicted octanol–water partition coefficient (Wildman–Crippen LogP) is 4.26. The molecule has 0 unspecified atom stereocenters. The average Bonchev–Trinajstić information content (AvgIpc) is 3.30. The lowest BCUT2D eigenvalue weighted by Gasteiger charge is -2.09. The van der Waals surface area contributed by atoms with E-state index in [4.69, 9.17) is 9.68 Å². The van der Waals surface area contributed by atoms with Crippen LogP contribution in [0.5, 0.6) is 0 Å². The molecule has 6 nitrogen and oxygen atoms in total. The standard InChI is InChI=1S/C20H14N4O2/c1-12-13(10-21)3-2-4-16(12)20(25)22-15-5-6-18-17(9-15)19(24-23-18)14-7-8-26-11-14/h2-9,11H,1H3,(H,22,25)(H,23,24). The highest BCUT2D eigenvalue weighted by molar-refractivity contribution is 6.07. The van der Waals surface area contributed by atoms with Crippen molar-refractivity contribution in [1.82, 2.24) is 10.2 Å². The Morgan fingerprint density at radius 2 is 2.15 bits per heavy atom. The summed E-state index contributed by atoms with van der Waals surface area (Å²) >= 11 is 0. The number of hydrogen-bond acceptors (Lipinski definition) is 4. The van der Waals surface area contributed by atoms with Gasteiger partial charge >= 0.3 is 0 Å². The van der Waals surface area contributed by atoms with Gasteiger partial charge in [0.15, 0.2) is 0 Å². The van der Waals surface area contributed by atoms with Crippen LogP contribution in [0.25, 0.3) is 22.2 Å². The molecule has 6 heteroatoms. The van der Waals surface area contributed by atoms with E-state index in [9.17, 15) is 4.79 Å². The van der Waals surface area contributed by atoms with E-state index in [1.807, 2.05) is 18.2 Å². The van der Waals surface area contributed by atoms with Crippen LogP contribution < -0.4 is 5.32 Å². The van der Waals surface area contributed by atoms with Crippen molar-refractivity contribution in [3.8, 4) is 17.3 Å². The summed E-state index contributed by atoms with van der Waals surface area (Å²) < 4.78 is 5.12. The van der Waals surface area contributed by atoms with Crippen molar-refractivity contribution < 1.29 is 9.21 Å². The maximum atomic E-state index is 12.6. The van der Waals surface area contributed by atoms with Crippen LogP contribution in [0.1, 0.15) is 21.5 Å². The summed E-state index contributed by atoms with van der Waals surface area (Å²) in [5.74, 6) is -0.257. The summed E-state index contributed by atoms with van der Waals surface area (Å²) in [7, 11) is 0. The molecule has 0 aliphatic carbocycles. The molecule has 2 N–H and O–H groups in total. The number of H-pyrrole nitrogens is 1. The van der Waals surface area contributed by atoms with Crippen molar-refractivity contribution in [2.75, 3.05) is 5.32 Å². The minimum atomic E-state index is -0.257. The predicted molar refractivity (Wildman–Crippen MR) is 97.6 cm³/mol. The third-order valence-electron chi connectivity index (χ3n) is 4.31. The van der Waals surface area contributed by atoms with Gasteiger partial charge in [-0.25, -0.2) is 0 Å². The van der Waals surface area contributed by atoms with E-state index in [-0.39, 0.29) is 5.91 Å². The monoisotopic (exact) mass is 342 g/mol. The molecular formula is C20H14N4O2. The molecule has 0 bridgehead atoms. The zero-order valence-electron chi connectivity index (χ0n) is 13.9. The van der Waals surface area contributed by atoms with Crippen molar-refractivity contribution in [2.45, 2.75) is 6.92 Å². The highest BCUT2D eigenvalue weighted by atomic mass is 16.3. The molecule has 4 rings (SSSR count). The largest absolute Gasteiger partial charge is 0.472 e.